The number of fused-ring (bicyclic) bond motifs is 1. The van der Waals surface area contributed by atoms with Crippen LogP contribution >= 0.6 is 0 Å². The van der Waals surface area contributed by atoms with Crippen LogP contribution in [0.15, 0.2) is 35.6 Å². The third-order valence-corrected chi connectivity index (χ3v) is 2.93. The van der Waals surface area contributed by atoms with E-state index in [2.05, 4.69) is 39.8 Å². The van der Waals surface area contributed by atoms with E-state index in [0.717, 1.165) is 17.9 Å². The van der Waals surface area contributed by atoms with Crippen LogP contribution < -0.4 is 4.74 Å². The number of benzene rings is 1. The molecule has 1 aliphatic heterocycles. The first-order chi connectivity index (χ1) is 6.98. The molecule has 80 valence electrons. The Morgan fingerprint density at radius 3 is 2.47 bits per heavy atom. The molecule has 1 heteroatoms. The van der Waals surface area contributed by atoms with Crippen molar-refractivity contribution in [1.29, 1.82) is 0 Å². The van der Waals surface area contributed by atoms with Gasteiger partial charge < -0.3 is 4.74 Å². The Kier molecular flexibility index (Phi) is 2.34. The summed E-state index contributed by atoms with van der Waals surface area (Å²) in [5.41, 5.74) is 2.90. The van der Waals surface area contributed by atoms with Gasteiger partial charge in [0.25, 0.3) is 0 Å². The molecule has 1 nitrogen and oxygen atoms in total. The lowest BCUT2D eigenvalue weighted by molar-refractivity contribution is 0.363. The van der Waals surface area contributed by atoms with Crippen LogP contribution in [-0.4, -0.2) is 0 Å². The lowest BCUT2D eigenvalue weighted by Gasteiger charge is -2.30. The molecule has 0 fully saturated rings. The highest BCUT2D eigenvalue weighted by atomic mass is 16.5. The smallest absolute Gasteiger partial charge is 0.130 e. The number of hydrogen-bond acceptors (Lipinski definition) is 1. The Bertz CT molecular complexity index is 408. The first kappa shape index (κ1) is 10.3. The second-order valence-corrected chi connectivity index (χ2v) is 5.17. The SMILES string of the molecule is CC1=C(C(C)(C)C)Cc2ccccc2O1. The molecule has 0 bridgehead atoms. The van der Waals surface area contributed by atoms with Crippen LogP contribution in [0.4, 0.5) is 0 Å². The zero-order valence-corrected chi connectivity index (χ0v) is 9.92. The molecule has 0 saturated carbocycles. The fraction of sp³-hybridized carbons (Fsp3) is 0.429. The minimum atomic E-state index is 0.192. The van der Waals surface area contributed by atoms with Gasteiger partial charge in [0.1, 0.15) is 11.5 Å². The number of allylic oxidation sites excluding steroid dienone is 2. The predicted octanol–water partition coefficient (Wildman–Crippen LogP) is 3.94. The van der Waals surface area contributed by atoms with Crippen LogP contribution in [0.25, 0.3) is 0 Å². The molecule has 0 N–H and O–H groups in total. The van der Waals surface area contributed by atoms with Crippen LogP contribution in [0.5, 0.6) is 5.75 Å². The maximum absolute atomic E-state index is 5.85. The van der Waals surface area contributed by atoms with Crippen molar-refractivity contribution in [3.63, 3.8) is 0 Å². The van der Waals surface area contributed by atoms with Crippen molar-refractivity contribution in [3.8, 4) is 5.75 Å². The molecule has 0 saturated heterocycles. The van der Waals surface area contributed by atoms with Crippen LogP contribution in [0, 0.1) is 5.41 Å². The van der Waals surface area contributed by atoms with E-state index >= 15 is 0 Å². The van der Waals surface area contributed by atoms with Crippen LogP contribution in [0.1, 0.15) is 33.3 Å². The van der Waals surface area contributed by atoms with Gasteiger partial charge in [0.05, 0.1) is 0 Å². The highest BCUT2D eigenvalue weighted by molar-refractivity contribution is 5.42. The van der Waals surface area contributed by atoms with Gasteiger partial charge in [-0.2, -0.15) is 0 Å². The Labute approximate surface area is 91.8 Å². The highest BCUT2D eigenvalue weighted by Gasteiger charge is 2.25. The van der Waals surface area contributed by atoms with Crippen molar-refractivity contribution in [2.45, 2.75) is 34.1 Å². The summed E-state index contributed by atoms with van der Waals surface area (Å²) in [6.45, 7) is 8.78. The molecule has 1 aliphatic rings. The van der Waals surface area contributed by atoms with Gasteiger partial charge in [0.15, 0.2) is 0 Å². The molecule has 0 radical (unpaired) electrons. The van der Waals surface area contributed by atoms with Gasteiger partial charge in [0, 0.05) is 6.42 Å². The fourth-order valence-electron chi connectivity index (χ4n) is 2.08. The summed E-state index contributed by atoms with van der Waals surface area (Å²) < 4.78 is 5.85. The van der Waals surface area contributed by atoms with E-state index in [0.29, 0.717) is 0 Å². The number of para-hydroxylation sites is 1. The second kappa shape index (κ2) is 3.41. The zero-order chi connectivity index (χ0) is 11.1. The molecule has 1 aromatic rings. The average Bonchev–Trinajstić information content (AvgIpc) is 2.15. The van der Waals surface area contributed by atoms with Crippen molar-refractivity contribution in [1.82, 2.24) is 0 Å². The Hall–Kier alpha value is -1.24. The monoisotopic (exact) mass is 202 g/mol. The quantitative estimate of drug-likeness (QED) is 0.619. The molecule has 0 unspecified atom stereocenters. The summed E-state index contributed by atoms with van der Waals surface area (Å²) in [5.74, 6) is 2.09. The van der Waals surface area contributed by atoms with Crippen molar-refractivity contribution in [2.24, 2.45) is 5.41 Å². The van der Waals surface area contributed by atoms with Gasteiger partial charge in [-0.05, 0) is 29.5 Å². The standard InChI is InChI=1S/C14H18O/c1-10-12(14(2,3)4)9-11-7-5-6-8-13(11)15-10/h5-8H,9H2,1-4H3. The first-order valence-corrected chi connectivity index (χ1v) is 5.44. The van der Waals surface area contributed by atoms with E-state index in [9.17, 15) is 0 Å². The number of ether oxygens (including phenoxy) is 1. The average molecular weight is 202 g/mol. The van der Waals surface area contributed by atoms with E-state index in [1.54, 1.807) is 0 Å². The molecule has 0 spiro atoms. The molecular formula is C14H18O. The minimum absolute atomic E-state index is 0.192. The van der Waals surface area contributed by atoms with Gasteiger partial charge in [-0.3, -0.25) is 0 Å². The van der Waals surface area contributed by atoms with Crippen molar-refractivity contribution in [2.75, 3.05) is 0 Å². The van der Waals surface area contributed by atoms with Crippen LogP contribution in [-0.2, 0) is 6.42 Å². The van der Waals surface area contributed by atoms with E-state index in [4.69, 9.17) is 4.74 Å². The fourth-order valence-corrected chi connectivity index (χ4v) is 2.08. The molecule has 0 atom stereocenters. The van der Waals surface area contributed by atoms with E-state index < -0.39 is 0 Å². The molecule has 15 heavy (non-hydrogen) atoms. The number of hydrogen-bond donors (Lipinski definition) is 0. The maximum Gasteiger partial charge on any atom is 0.130 e. The maximum atomic E-state index is 5.85. The van der Waals surface area contributed by atoms with Crippen molar-refractivity contribution >= 4 is 0 Å². The summed E-state index contributed by atoms with van der Waals surface area (Å²) in [6.07, 6.45) is 1.02. The number of rotatable bonds is 0. The second-order valence-electron chi connectivity index (χ2n) is 5.17. The summed E-state index contributed by atoms with van der Waals surface area (Å²) in [5, 5.41) is 0. The molecule has 1 heterocycles. The summed E-state index contributed by atoms with van der Waals surface area (Å²) >= 11 is 0. The topological polar surface area (TPSA) is 9.23 Å². The Morgan fingerprint density at radius 1 is 1.13 bits per heavy atom. The third kappa shape index (κ3) is 1.92. The van der Waals surface area contributed by atoms with E-state index in [1.165, 1.54) is 11.1 Å². The van der Waals surface area contributed by atoms with E-state index in [-0.39, 0.29) is 5.41 Å². The molecule has 0 amide bonds. The van der Waals surface area contributed by atoms with Gasteiger partial charge in [-0.1, -0.05) is 39.0 Å². The van der Waals surface area contributed by atoms with Gasteiger partial charge in [0.2, 0.25) is 0 Å². The molecule has 0 aromatic heterocycles. The largest absolute Gasteiger partial charge is 0.462 e. The summed E-state index contributed by atoms with van der Waals surface area (Å²) in [4.78, 5) is 0. The van der Waals surface area contributed by atoms with Gasteiger partial charge in [-0.15, -0.1) is 0 Å². The molecule has 0 aliphatic carbocycles. The zero-order valence-electron chi connectivity index (χ0n) is 9.92. The predicted molar refractivity (Wildman–Crippen MR) is 62.9 cm³/mol. The highest BCUT2D eigenvalue weighted by Crippen LogP contribution is 2.37. The van der Waals surface area contributed by atoms with Gasteiger partial charge >= 0.3 is 0 Å². The normalized spacial score (nSPS) is 16.0. The summed E-state index contributed by atoms with van der Waals surface area (Å²) in [7, 11) is 0. The Morgan fingerprint density at radius 2 is 1.80 bits per heavy atom. The van der Waals surface area contributed by atoms with E-state index in [1.807, 2.05) is 12.1 Å². The Balaban J connectivity index is 2.40. The van der Waals surface area contributed by atoms with Crippen LogP contribution in [0.3, 0.4) is 0 Å². The van der Waals surface area contributed by atoms with Crippen molar-refractivity contribution in [3.05, 3.63) is 41.2 Å². The third-order valence-electron chi connectivity index (χ3n) is 2.93. The molecule has 2 rings (SSSR count). The molecule has 1 aromatic carbocycles. The summed E-state index contributed by atoms with van der Waals surface area (Å²) in [6, 6.07) is 8.28. The van der Waals surface area contributed by atoms with Crippen LogP contribution in [0.2, 0.25) is 0 Å². The minimum Gasteiger partial charge on any atom is -0.462 e. The van der Waals surface area contributed by atoms with Gasteiger partial charge in [-0.25, -0.2) is 0 Å². The first-order valence-electron chi connectivity index (χ1n) is 5.44. The molecular weight excluding hydrogens is 184 g/mol. The van der Waals surface area contributed by atoms with Crippen molar-refractivity contribution < 1.29 is 4.74 Å². The lowest BCUT2D eigenvalue weighted by atomic mass is 9.81. The lowest BCUT2D eigenvalue weighted by Crippen LogP contribution is -2.19.